The first-order chi connectivity index (χ1) is 10.4. The normalized spacial score (nSPS) is 19.8. The minimum absolute atomic E-state index is 0.365. The molecular formula is C18H23NO2. The second-order valence-electron chi connectivity index (χ2n) is 5.61. The number of fused-ring (bicyclic) bond motifs is 1. The third-order valence-electron chi connectivity index (χ3n) is 4.15. The van der Waals surface area contributed by atoms with Crippen LogP contribution >= 0.6 is 0 Å². The van der Waals surface area contributed by atoms with E-state index in [0.717, 1.165) is 31.9 Å². The highest BCUT2D eigenvalue weighted by atomic mass is 16.5. The van der Waals surface area contributed by atoms with Gasteiger partial charge in [-0.3, -0.25) is 0 Å². The van der Waals surface area contributed by atoms with Gasteiger partial charge in [-0.15, -0.1) is 0 Å². The fourth-order valence-corrected chi connectivity index (χ4v) is 2.94. The van der Waals surface area contributed by atoms with Crippen molar-refractivity contribution in [3.8, 4) is 5.75 Å². The lowest BCUT2D eigenvalue weighted by atomic mass is 10.00. The topological polar surface area (TPSA) is 30.5 Å². The van der Waals surface area contributed by atoms with Gasteiger partial charge in [0.15, 0.2) is 0 Å². The Bertz CT molecular complexity index is 578. The molecular weight excluding hydrogens is 262 g/mol. The minimum Gasteiger partial charge on any atom is -0.492 e. The zero-order chi connectivity index (χ0) is 14.5. The van der Waals surface area contributed by atoms with E-state index < -0.39 is 0 Å². The van der Waals surface area contributed by atoms with Gasteiger partial charge in [-0.2, -0.15) is 0 Å². The molecule has 3 rings (SSSR count). The molecule has 1 heterocycles. The maximum atomic E-state index is 6.02. The highest BCUT2D eigenvalue weighted by Crippen LogP contribution is 2.22. The van der Waals surface area contributed by atoms with Gasteiger partial charge < -0.3 is 14.8 Å². The third-order valence-corrected chi connectivity index (χ3v) is 4.15. The Balaban J connectivity index is 1.65. The summed E-state index contributed by atoms with van der Waals surface area (Å²) in [4.78, 5) is 0. The van der Waals surface area contributed by atoms with E-state index in [1.807, 2.05) is 0 Å². The van der Waals surface area contributed by atoms with Crippen molar-refractivity contribution in [2.45, 2.75) is 19.4 Å². The molecule has 0 bridgehead atoms. The van der Waals surface area contributed by atoms with E-state index in [1.54, 1.807) is 0 Å². The van der Waals surface area contributed by atoms with Gasteiger partial charge in [-0.25, -0.2) is 0 Å². The van der Waals surface area contributed by atoms with Crippen LogP contribution in [0, 0.1) is 5.92 Å². The molecule has 0 radical (unpaired) electrons. The Hall–Kier alpha value is -1.58. The number of likely N-dealkylation sites (N-methyl/N-ethyl adjacent to an activating group) is 1. The maximum absolute atomic E-state index is 6.02. The quantitative estimate of drug-likeness (QED) is 0.884. The number of nitrogens with one attached hydrogen (secondary N) is 1. The first kappa shape index (κ1) is 14.4. The monoisotopic (exact) mass is 285 g/mol. The van der Waals surface area contributed by atoms with E-state index in [4.69, 9.17) is 9.47 Å². The van der Waals surface area contributed by atoms with Gasteiger partial charge in [0.25, 0.3) is 0 Å². The highest BCUT2D eigenvalue weighted by Gasteiger charge is 2.25. The molecule has 21 heavy (non-hydrogen) atoms. The molecule has 2 unspecified atom stereocenters. The van der Waals surface area contributed by atoms with Gasteiger partial charge >= 0.3 is 0 Å². The van der Waals surface area contributed by atoms with Gasteiger partial charge in [0.05, 0.1) is 6.61 Å². The molecule has 2 aromatic rings. The van der Waals surface area contributed by atoms with Crippen LogP contribution in [0.2, 0.25) is 0 Å². The summed E-state index contributed by atoms with van der Waals surface area (Å²) >= 11 is 0. The van der Waals surface area contributed by atoms with Crippen LogP contribution in [0.5, 0.6) is 5.75 Å². The molecule has 0 aliphatic carbocycles. The van der Waals surface area contributed by atoms with Crippen LogP contribution in [0.25, 0.3) is 10.8 Å². The summed E-state index contributed by atoms with van der Waals surface area (Å²) < 4.78 is 11.5. The third kappa shape index (κ3) is 3.55. The zero-order valence-corrected chi connectivity index (χ0v) is 12.5. The molecule has 3 nitrogen and oxygen atoms in total. The fraction of sp³-hybridized carbons (Fsp3) is 0.444. The van der Waals surface area contributed by atoms with E-state index in [0.29, 0.717) is 18.6 Å². The van der Waals surface area contributed by atoms with Crippen LogP contribution in [0.3, 0.4) is 0 Å². The highest BCUT2D eigenvalue weighted by molar-refractivity contribution is 5.83. The Morgan fingerprint density at radius 1 is 1.24 bits per heavy atom. The van der Waals surface area contributed by atoms with Crippen LogP contribution in [-0.2, 0) is 4.74 Å². The van der Waals surface area contributed by atoms with Crippen LogP contribution in [0.4, 0.5) is 0 Å². The van der Waals surface area contributed by atoms with Crippen LogP contribution < -0.4 is 10.1 Å². The molecule has 0 amide bonds. The molecule has 1 fully saturated rings. The average molecular weight is 285 g/mol. The minimum atomic E-state index is 0.365. The summed E-state index contributed by atoms with van der Waals surface area (Å²) in [7, 11) is 0. The second-order valence-corrected chi connectivity index (χ2v) is 5.61. The molecule has 1 aliphatic rings. The second kappa shape index (κ2) is 6.92. The van der Waals surface area contributed by atoms with Crippen LogP contribution in [0.15, 0.2) is 42.5 Å². The first-order valence-corrected chi connectivity index (χ1v) is 7.79. The van der Waals surface area contributed by atoms with E-state index in [-0.39, 0.29) is 0 Å². The maximum Gasteiger partial charge on any atom is 0.120 e. The van der Waals surface area contributed by atoms with Crippen molar-refractivity contribution in [1.82, 2.24) is 5.32 Å². The summed E-state index contributed by atoms with van der Waals surface area (Å²) in [6.07, 6.45) is 1.12. The standard InChI is InChI=1S/C18H23NO2/c1-2-19-18(16-9-10-20-12-16)13-21-17-8-7-14-5-3-4-6-15(14)11-17/h3-8,11,16,18-19H,2,9-10,12-13H2,1H3. The smallest absolute Gasteiger partial charge is 0.120 e. The summed E-state index contributed by atoms with van der Waals surface area (Å²) in [6, 6.07) is 15.0. The van der Waals surface area contributed by atoms with Crippen molar-refractivity contribution < 1.29 is 9.47 Å². The van der Waals surface area contributed by atoms with Crippen molar-refractivity contribution in [3.63, 3.8) is 0 Å². The molecule has 1 saturated heterocycles. The predicted molar refractivity (Wildman–Crippen MR) is 85.8 cm³/mol. The molecule has 1 N–H and O–H groups in total. The molecule has 112 valence electrons. The van der Waals surface area contributed by atoms with E-state index in [9.17, 15) is 0 Å². The van der Waals surface area contributed by atoms with Gasteiger partial charge in [0, 0.05) is 18.6 Å². The van der Waals surface area contributed by atoms with E-state index in [1.165, 1.54) is 10.8 Å². The summed E-state index contributed by atoms with van der Waals surface area (Å²) in [6.45, 7) is 5.52. The number of benzene rings is 2. The number of ether oxygens (including phenoxy) is 2. The van der Waals surface area contributed by atoms with Gasteiger partial charge in [-0.1, -0.05) is 37.3 Å². The molecule has 3 heteroatoms. The van der Waals surface area contributed by atoms with Crippen molar-refractivity contribution in [2.75, 3.05) is 26.4 Å². The molecule has 0 saturated carbocycles. The Labute approximate surface area is 126 Å². The summed E-state index contributed by atoms with van der Waals surface area (Å²) in [5, 5.41) is 6.00. The lowest BCUT2D eigenvalue weighted by molar-refractivity contribution is 0.161. The Morgan fingerprint density at radius 3 is 2.86 bits per heavy atom. The van der Waals surface area contributed by atoms with Gasteiger partial charge in [-0.05, 0) is 35.9 Å². The van der Waals surface area contributed by atoms with E-state index in [2.05, 4.69) is 54.7 Å². The van der Waals surface area contributed by atoms with Gasteiger partial charge in [0.1, 0.15) is 12.4 Å². The Kier molecular flexibility index (Phi) is 4.73. The fourth-order valence-electron chi connectivity index (χ4n) is 2.94. The Morgan fingerprint density at radius 2 is 2.10 bits per heavy atom. The number of hydrogen-bond acceptors (Lipinski definition) is 3. The summed E-state index contributed by atoms with van der Waals surface area (Å²) in [5.41, 5.74) is 0. The van der Waals surface area contributed by atoms with Crippen LogP contribution in [0.1, 0.15) is 13.3 Å². The molecule has 2 atom stereocenters. The lowest BCUT2D eigenvalue weighted by Gasteiger charge is -2.23. The molecule has 0 aromatic heterocycles. The SMILES string of the molecule is CCNC(COc1ccc2ccccc2c1)C1CCOC1. The average Bonchev–Trinajstić information content (AvgIpc) is 3.05. The predicted octanol–water partition coefficient (Wildman–Crippen LogP) is 3.23. The van der Waals surface area contributed by atoms with Crippen molar-refractivity contribution >= 4 is 10.8 Å². The zero-order valence-electron chi connectivity index (χ0n) is 12.5. The molecule has 0 spiro atoms. The van der Waals surface area contributed by atoms with Crippen molar-refractivity contribution in [2.24, 2.45) is 5.92 Å². The number of hydrogen-bond donors (Lipinski definition) is 1. The van der Waals surface area contributed by atoms with Crippen LogP contribution in [-0.4, -0.2) is 32.4 Å². The van der Waals surface area contributed by atoms with E-state index >= 15 is 0 Å². The van der Waals surface area contributed by atoms with Gasteiger partial charge in [0.2, 0.25) is 0 Å². The first-order valence-electron chi connectivity index (χ1n) is 7.79. The number of rotatable bonds is 6. The van der Waals surface area contributed by atoms with Crippen molar-refractivity contribution in [3.05, 3.63) is 42.5 Å². The molecule has 1 aliphatic heterocycles. The van der Waals surface area contributed by atoms with Crippen molar-refractivity contribution in [1.29, 1.82) is 0 Å². The summed E-state index contributed by atoms with van der Waals surface area (Å²) in [5.74, 6) is 1.50. The molecule has 2 aromatic carbocycles. The largest absolute Gasteiger partial charge is 0.492 e. The lowest BCUT2D eigenvalue weighted by Crippen LogP contribution is -2.41.